The topological polar surface area (TPSA) is 17.0 Å². The van der Waals surface area contributed by atoms with E-state index in [0.717, 1.165) is 21.9 Å². The molecule has 1 aliphatic heterocycles. The Hall–Kier alpha value is -1.62. The number of aromatic nitrogens is 1. The number of hydrogen-bond acceptors (Lipinski definition) is 3. The van der Waals surface area contributed by atoms with Crippen LogP contribution in [0.2, 0.25) is 5.02 Å². The maximum atomic E-state index is 5.99. The number of para-hydroxylation sites is 1. The molecular formula is C19H17ClN2S2. The van der Waals surface area contributed by atoms with Gasteiger partial charge in [-0.1, -0.05) is 65.7 Å². The average Bonchev–Trinajstić information content (AvgIpc) is 2.88. The van der Waals surface area contributed by atoms with Crippen molar-refractivity contribution in [2.75, 3.05) is 5.32 Å². The molecule has 24 heavy (non-hydrogen) atoms. The minimum absolute atomic E-state index is 0.132. The van der Waals surface area contributed by atoms with Crippen molar-refractivity contribution in [1.29, 1.82) is 0 Å². The van der Waals surface area contributed by atoms with Crippen molar-refractivity contribution in [2.45, 2.75) is 25.9 Å². The number of benzene rings is 2. The fourth-order valence-electron chi connectivity index (χ4n) is 3.15. The third kappa shape index (κ3) is 2.59. The Morgan fingerprint density at radius 2 is 1.83 bits per heavy atom. The van der Waals surface area contributed by atoms with Crippen molar-refractivity contribution < 1.29 is 0 Å². The molecule has 5 heteroatoms. The summed E-state index contributed by atoms with van der Waals surface area (Å²) >= 11 is 13.6. The Bertz CT molecular complexity index is 968. The molecule has 0 spiro atoms. The first kappa shape index (κ1) is 15.9. The summed E-state index contributed by atoms with van der Waals surface area (Å²) in [6.45, 7) is 5.19. The summed E-state index contributed by atoms with van der Waals surface area (Å²) in [6, 6.07) is 16.4. The lowest BCUT2D eigenvalue weighted by Crippen LogP contribution is -2.30. The van der Waals surface area contributed by atoms with E-state index in [0.29, 0.717) is 0 Å². The van der Waals surface area contributed by atoms with Crippen LogP contribution in [0, 0.1) is 4.64 Å². The molecule has 2 nitrogen and oxygen atoms in total. The van der Waals surface area contributed by atoms with Crippen LogP contribution in [0.3, 0.4) is 0 Å². The lowest BCUT2D eigenvalue weighted by atomic mass is 9.90. The van der Waals surface area contributed by atoms with E-state index in [1.165, 1.54) is 21.6 Å². The molecule has 0 aliphatic carbocycles. The van der Waals surface area contributed by atoms with Gasteiger partial charge < -0.3 is 5.32 Å². The van der Waals surface area contributed by atoms with Gasteiger partial charge in [-0.15, -0.1) is 0 Å². The maximum absolute atomic E-state index is 5.99. The third-order valence-corrected chi connectivity index (χ3v) is 6.54. The van der Waals surface area contributed by atoms with E-state index in [-0.39, 0.29) is 5.54 Å². The van der Waals surface area contributed by atoms with Gasteiger partial charge >= 0.3 is 0 Å². The molecule has 0 fully saturated rings. The minimum atomic E-state index is -0.132. The molecule has 0 unspecified atom stereocenters. The Morgan fingerprint density at radius 1 is 1.12 bits per heavy atom. The van der Waals surface area contributed by atoms with Gasteiger partial charge in [0, 0.05) is 21.8 Å². The summed E-state index contributed by atoms with van der Waals surface area (Å²) in [7, 11) is 0. The normalized spacial score (nSPS) is 14.6. The number of anilines is 1. The van der Waals surface area contributed by atoms with Crippen LogP contribution in [0.1, 0.15) is 24.3 Å². The predicted molar refractivity (Wildman–Crippen MR) is 106 cm³/mol. The van der Waals surface area contributed by atoms with Crippen molar-refractivity contribution >= 4 is 41.0 Å². The van der Waals surface area contributed by atoms with Crippen LogP contribution in [0.15, 0.2) is 48.5 Å². The second-order valence-corrected chi connectivity index (χ2v) is 8.41. The summed E-state index contributed by atoms with van der Waals surface area (Å²) in [5.74, 6) is 0. The second kappa shape index (κ2) is 5.73. The fraction of sp³-hybridized carbons (Fsp3) is 0.211. The zero-order valence-corrected chi connectivity index (χ0v) is 15.9. The van der Waals surface area contributed by atoms with Crippen molar-refractivity contribution in [3.8, 4) is 11.1 Å². The Morgan fingerprint density at radius 3 is 2.58 bits per heavy atom. The van der Waals surface area contributed by atoms with Crippen LogP contribution in [0.25, 0.3) is 11.1 Å². The molecule has 122 valence electrons. The van der Waals surface area contributed by atoms with E-state index >= 15 is 0 Å². The van der Waals surface area contributed by atoms with E-state index in [4.69, 9.17) is 23.8 Å². The summed E-state index contributed by atoms with van der Waals surface area (Å²) in [5, 5.41) is 4.39. The van der Waals surface area contributed by atoms with Gasteiger partial charge in [-0.2, -0.15) is 0 Å². The highest BCUT2D eigenvalue weighted by molar-refractivity contribution is 7.71. The number of nitrogens with zero attached hydrogens (tertiary/aromatic N) is 1. The molecule has 2 heterocycles. The standard InChI is InChI=1S/C19H17ClN2S2/c1-19(2)17-16(14-5-3-4-6-15(14)21-19)18(23)22(24-17)11-12-7-9-13(20)10-8-12/h3-10,21H,11H2,1-2H3. The zero-order valence-electron chi connectivity index (χ0n) is 13.5. The van der Waals surface area contributed by atoms with Gasteiger partial charge in [0.2, 0.25) is 0 Å². The van der Waals surface area contributed by atoms with Gasteiger partial charge in [0.05, 0.1) is 17.0 Å². The molecule has 0 radical (unpaired) electrons. The Balaban J connectivity index is 1.85. The van der Waals surface area contributed by atoms with Gasteiger partial charge in [0.1, 0.15) is 4.64 Å². The molecule has 2 aromatic carbocycles. The first-order chi connectivity index (χ1) is 11.5. The summed E-state index contributed by atoms with van der Waals surface area (Å²) in [5.41, 5.74) is 4.62. The van der Waals surface area contributed by atoms with E-state index in [1.807, 2.05) is 12.1 Å². The fourth-order valence-corrected chi connectivity index (χ4v) is 4.91. The number of nitrogens with one attached hydrogen (secondary N) is 1. The summed E-state index contributed by atoms with van der Waals surface area (Å²) < 4.78 is 3.11. The predicted octanol–water partition coefficient (Wildman–Crippen LogP) is 6.31. The third-order valence-electron chi connectivity index (χ3n) is 4.32. The minimum Gasteiger partial charge on any atom is -0.375 e. The SMILES string of the molecule is CC1(C)Nc2ccccc2-c2c1sn(Cc1ccc(Cl)cc1)c2=S. The first-order valence-electron chi connectivity index (χ1n) is 7.82. The van der Waals surface area contributed by atoms with Gasteiger partial charge in [-0.25, -0.2) is 0 Å². The first-order valence-corrected chi connectivity index (χ1v) is 9.38. The quantitative estimate of drug-likeness (QED) is 0.531. The van der Waals surface area contributed by atoms with Gasteiger partial charge in [-0.05, 0) is 37.6 Å². The lowest BCUT2D eigenvalue weighted by molar-refractivity contribution is 0.620. The van der Waals surface area contributed by atoms with Crippen molar-refractivity contribution in [1.82, 2.24) is 3.96 Å². The highest BCUT2D eigenvalue weighted by Crippen LogP contribution is 2.46. The number of rotatable bonds is 2. The highest BCUT2D eigenvalue weighted by Gasteiger charge is 2.34. The van der Waals surface area contributed by atoms with Gasteiger partial charge in [0.25, 0.3) is 0 Å². The van der Waals surface area contributed by atoms with E-state index in [2.05, 4.69) is 59.5 Å². The van der Waals surface area contributed by atoms with Crippen LogP contribution in [0.5, 0.6) is 0 Å². The summed E-state index contributed by atoms with van der Waals surface area (Å²) in [4.78, 5) is 1.29. The second-order valence-electron chi connectivity index (χ2n) is 6.56. The average molecular weight is 373 g/mol. The molecule has 1 aliphatic rings. The smallest absolute Gasteiger partial charge is 0.124 e. The van der Waals surface area contributed by atoms with Crippen molar-refractivity contribution in [2.24, 2.45) is 0 Å². The van der Waals surface area contributed by atoms with Crippen LogP contribution in [0.4, 0.5) is 5.69 Å². The van der Waals surface area contributed by atoms with Gasteiger partial charge in [0.15, 0.2) is 0 Å². The lowest BCUT2D eigenvalue weighted by Gasteiger charge is -2.33. The van der Waals surface area contributed by atoms with Crippen LogP contribution < -0.4 is 5.32 Å². The maximum Gasteiger partial charge on any atom is 0.124 e. The molecule has 1 aromatic heterocycles. The summed E-state index contributed by atoms with van der Waals surface area (Å²) in [6.07, 6.45) is 0. The Kier molecular flexibility index (Phi) is 3.79. The molecule has 0 bridgehead atoms. The van der Waals surface area contributed by atoms with Crippen molar-refractivity contribution in [3.05, 3.63) is 68.6 Å². The highest BCUT2D eigenvalue weighted by atomic mass is 35.5. The van der Waals surface area contributed by atoms with Crippen LogP contribution in [-0.4, -0.2) is 3.96 Å². The number of fused-ring (bicyclic) bond motifs is 3. The van der Waals surface area contributed by atoms with E-state index in [9.17, 15) is 0 Å². The molecule has 0 atom stereocenters. The Labute approximate surface area is 155 Å². The van der Waals surface area contributed by atoms with Crippen LogP contribution >= 0.6 is 35.4 Å². The molecule has 0 saturated heterocycles. The van der Waals surface area contributed by atoms with Crippen LogP contribution in [-0.2, 0) is 12.1 Å². The zero-order chi connectivity index (χ0) is 16.9. The largest absolute Gasteiger partial charge is 0.375 e. The molecule has 0 amide bonds. The number of hydrogen-bond donors (Lipinski definition) is 1. The molecule has 3 aromatic rings. The molecular weight excluding hydrogens is 356 g/mol. The number of halogens is 1. The van der Waals surface area contributed by atoms with E-state index < -0.39 is 0 Å². The van der Waals surface area contributed by atoms with E-state index in [1.54, 1.807) is 11.5 Å². The van der Waals surface area contributed by atoms with Gasteiger partial charge in [-0.3, -0.25) is 3.96 Å². The molecule has 1 N–H and O–H groups in total. The molecule has 0 saturated carbocycles. The molecule has 4 rings (SSSR count). The van der Waals surface area contributed by atoms with Crippen molar-refractivity contribution in [3.63, 3.8) is 0 Å². The monoisotopic (exact) mass is 372 g/mol.